The fourth-order valence-electron chi connectivity index (χ4n) is 0.665. The maximum atomic E-state index is 10.5. The van der Waals surface area contributed by atoms with Gasteiger partial charge >= 0.3 is 0 Å². The monoisotopic (exact) mass is 139 g/mol. The summed E-state index contributed by atoms with van der Waals surface area (Å²) in [5.74, 6) is -0.949. The van der Waals surface area contributed by atoms with Crippen molar-refractivity contribution in [2.45, 2.75) is 12.5 Å². The second-order valence-electron chi connectivity index (χ2n) is 2.33. The van der Waals surface area contributed by atoms with Crippen LogP contribution in [0.15, 0.2) is 17.9 Å². The minimum atomic E-state index is -1.31. The van der Waals surface area contributed by atoms with Gasteiger partial charge in [-0.1, -0.05) is 0 Å². The van der Waals surface area contributed by atoms with Gasteiger partial charge in [-0.05, 0) is 25.2 Å². The molecule has 0 bridgehead atoms. The van der Waals surface area contributed by atoms with E-state index in [9.17, 15) is 4.79 Å². The standard InChI is InChI=1S/C7H7O3/c1-7(10)3-2-5(8)6(9)4-7/h2,4,9-10H,1H3/t7-/m0/s1. The molecule has 0 aromatic heterocycles. The van der Waals surface area contributed by atoms with Crippen LogP contribution < -0.4 is 0 Å². The van der Waals surface area contributed by atoms with Crippen LogP contribution in [0, 0.1) is 6.08 Å². The molecule has 1 rings (SSSR count). The maximum Gasteiger partial charge on any atom is 0.220 e. The molecule has 53 valence electrons. The molecule has 0 spiro atoms. The van der Waals surface area contributed by atoms with Crippen molar-refractivity contribution in [2.24, 2.45) is 0 Å². The highest BCUT2D eigenvalue weighted by Crippen LogP contribution is 2.14. The summed E-state index contributed by atoms with van der Waals surface area (Å²) in [6, 6.07) is 0. The molecule has 10 heavy (non-hydrogen) atoms. The highest BCUT2D eigenvalue weighted by atomic mass is 16.3. The summed E-state index contributed by atoms with van der Waals surface area (Å²) >= 11 is 0. The average molecular weight is 139 g/mol. The minimum Gasteiger partial charge on any atom is -0.504 e. The molecule has 0 saturated carbocycles. The van der Waals surface area contributed by atoms with Crippen LogP contribution >= 0.6 is 0 Å². The van der Waals surface area contributed by atoms with Crippen molar-refractivity contribution in [3.8, 4) is 0 Å². The van der Waals surface area contributed by atoms with E-state index in [2.05, 4.69) is 6.08 Å². The van der Waals surface area contributed by atoms with Gasteiger partial charge in [-0.3, -0.25) is 4.79 Å². The summed E-state index contributed by atoms with van der Waals surface area (Å²) in [6.07, 6.45) is 4.46. The second-order valence-corrected chi connectivity index (χ2v) is 2.33. The van der Waals surface area contributed by atoms with E-state index >= 15 is 0 Å². The van der Waals surface area contributed by atoms with Gasteiger partial charge in [-0.2, -0.15) is 0 Å². The van der Waals surface area contributed by atoms with Crippen molar-refractivity contribution >= 4 is 5.78 Å². The molecule has 0 amide bonds. The van der Waals surface area contributed by atoms with E-state index in [1.807, 2.05) is 0 Å². The van der Waals surface area contributed by atoms with Crippen LogP contribution in [0.2, 0.25) is 0 Å². The predicted molar refractivity (Wildman–Crippen MR) is 34.2 cm³/mol. The molecular weight excluding hydrogens is 132 g/mol. The van der Waals surface area contributed by atoms with Crippen LogP contribution in [0.3, 0.4) is 0 Å². The van der Waals surface area contributed by atoms with Gasteiger partial charge in [0.1, 0.15) is 5.60 Å². The normalized spacial score (nSPS) is 32.2. The maximum absolute atomic E-state index is 10.5. The molecule has 2 N–H and O–H groups in total. The van der Waals surface area contributed by atoms with E-state index < -0.39 is 17.1 Å². The zero-order valence-corrected chi connectivity index (χ0v) is 5.46. The number of rotatable bonds is 0. The highest BCUT2D eigenvalue weighted by Gasteiger charge is 2.22. The largest absolute Gasteiger partial charge is 0.504 e. The van der Waals surface area contributed by atoms with Crippen molar-refractivity contribution in [1.82, 2.24) is 0 Å². The third kappa shape index (κ3) is 1.25. The van der Waals surface area contributed by atoms with Crippen LogP contribution in [0.1, 0.15) is 6.92 Å². The summed E-state index contributed by atoms with van der Waals surface area (Å²) < 4.78 is 0. The molecule has 0 aliphatic heterocycles. The van der Waals surface area contributed by atoms with Crippen LogP contribution in [0.5, 0.6) is 0 Å². The summed E-state index contributed by atoms with van der Waals surface area (Å²) in [6.45, 7) is 1.42. The summed E-state index contributed by atoms with van der Waals surface area (Å²) in [7, 11) is 0. The molecule has 1 radical (unpaired) electrons. The molecule has 0 unspecified atom stereocenters. The zero-order valence-electron chi connectivity index (χ0n) is 5.46. The van der Waals surface area contributed by atoms with E-state index in [1.54, 1.807) is 0 Å². The third-order valence-corrected chi connectivity index (χ3v) is 1.17. The summed E-state index contributed by atoms with van der Waals surface area (Å²) in [4.78, 5) is 10.5. The topological polar surface area (TPSA) is 57.5 Å². The second kappa shape index (κ2) is 1.95. The van der Waals surface area contributed by atoms with E-state index in [4.69, 9.17) is 10.2 Å². The average Bonchev–Trinajstić information content (AvgIpc) is 1.79. The van der Waals surface area contributed by atoms with Crippen molar-refractivity contribution in [2.75, 3.05) is 0 Å². The molecule has 3 heteroatoms. The molecule has 0 aromatic rings. The zero-order chi connectivity index (χ0) is 7.78. The van der Waals surface area contributed by atoms with Gasteiger partial charge in [0.25, 0.3) is 0 Å². The molecular formula is C7H7O3. The SMILES string of the molecule is C[C@]1(O)[C]=CC(=O)C(O)=C1. The molecule has 1 aliphatic rings. The van der Waals surface area contributed by atoms with E-state index in [-0.39, 0.29) is 0 Å². The van der Waals surface area contributed by atoms with Gasteiger partial charge in [0.2, 0.25) is 5.78 Å². The Labute approximate surface area is 58.3 Å². The first-order chi connectivity index (χ1) is 4.51. The Morgan fingerprint density at radius 2 is 2.30 bits per heavy atom. The number of aliphatic hydroxyl groups excluding tert-OH is 1. The number of aliphatic hydroxyl groups is 2. The van der Waals surface area contributed by atoms with E-state index in [1.165, 1.54) is 6.92 Å². The van der Waals surface area contributed by atoms with Crippen molar-refractivity contribution in [3.63, 3.8) is 0 Å². The lowest BCUT2D eigenvalue weighted by atomic mass is 9.99. The lowest BCUT2D eigenvalue weighted by molar-refractivity contribution is -0.114. The molecule has 3 nitrogen and oxygen atoms in total. The van der Waals surface area contributed by atoms with E-state index in [0.29, 0.717) is 0 Å². The van der Waals surface area contributed by atoms with Gasteiger partial charge in [0.15, 0.2) is 5.76 Å². The molecule has 1 atom stereocenters. The number of hydrogen-bond acceptors (Lipinski definition) is 3. The minimum absolute atomic E-state index is 0.427. The fourth-order valence-corrected chi connectivity index (χ4v) is 0.665. The Morgan fingerprint density at radius 1 is 1.70 bits per heavy atom. The van der Waals surface area contributed by atoms with Gasteiger partial charge in [0.05, 0.1) is 0 Å². The predicted octanol–water partition coefficient (Wildman–Crippen LogP) is 0.121. The fraction of sp³-hybridized carbons (Fsp3) is 0.286. The van der Waals surface area contributed by atoms with Crippen molar-refractivity contribution < 1.29 is 15.0 Å². The van der Waals surface area contributed by atoms with Gasteiger partial charge in [-0.25, -0.2) is 0 Å². The number of hydrogen-bond donors (Lipinski definition) is 2. The molecule has 1 aliphatic carbocycles. The summed E-state index contributed by atoms with van der Waals surface area (Å²) in [5, 5.41) is 17.9. The smallest absolute Gasteiger partial charge is 0.220 e. The Balaban J connectivity index is 2.95. The lowest BCUT2D eigenvalue weighted by Crippen LogP contribution is -2.23. The Bertz CT molecular complexity index is 223. The molecule has 0 saturated heterocycles. The third-order valence-electron chi connectivity index (χ3n) is 1.17. The van der Waals surface area contributed by atoms with Crippen LogP contribution in [0.4, 0.5) is 0 Å². The number of carbonyl (C=O) groups is 1. The first-order valence-electron chi connectivity index (χ1n) is 2.81. The lowest BCUT2D eigenvalue weighted by Gasteiger charge is -2.15. The highest BCUT2D eigenvalue weighted by molar-refractivity contribution is 6.02. The van der Waals surface area contributed by atoms with Gasteiger partial charge in [-0.15, -0.1) is 0 Å². The molecule has 0 heterocycles. The summed E-state index contributed by atoms with van der Waals surface area (Å²) in [5.41, 5.74) is -1.31. The Kier molecular flexibility index (Phi) is 1.37. The van der Waals surface area contributed by atoms with Crippen molar-refractivity contribution in [1.29, 1.82) is 0 Å². The Hall–Kier alpha value is -1.09. The van der Waals surface area contributed by atoms with Crippen molar-refractivity contribution in [3.05, 3.63) is 24.0 Å². The Morgan fingerprint density at radius 3 is 2.70 bits per heavy atom. The number of allylic oxidation sites excluding steroid dienone is 1. The van der Waals surface area contributed by atoms with Crippen LogP contribution in [-0.2, 0) is 4.79 Å². The number of carbonyl (C=O) groups excluding carboxylic acids is 1. The van der Waals surface area contributed by atoms with Crippen LogP contribution in [-0.4, -0.2) is 21.6 Å². The quantitative estimate of drug-likeness (QED) is 0.501. The van der Waals surface area contributed by atoms with E-state index in [0.717, 1.165) is 12.2 Å². The first-order valence-corrected chi connectivity index (χ1v) is 2.81. The van der Waals surface area contributed by atoms with Gasteiger partial charge < -0.3 is 10.2 Å². The first kappa shape index (κ1) is 7.02. The number of ketones is 1. The molecule has 0 fully saturated rings. The van der Waals surface area contributed by atoms with Gasteiger partial charge in [0, 0.05) is 0 Å². The van der Waals surface area contributed by atoms with Crippen LogP contribution in [0.25, 0.3) is 0 Å². The molecule has 0 aromatic carbocycles.